The van der Waals surface area contributed by atoms with E-state index in [4.69, 9.17) is 9.47 Å². The number of aliphatic imine (C=N–C) groups is 1. The maximum absolute atomic E-state index is 11.9. The fourth-order valence-corrected chi connectivity index (χ4v) is 1.62. The van der Waals surface area contributed by atoms with Crippen molar-refractivity contribution in [1.82, 2.24) is 0 Å². The van der Waals surface area contributed by atoms with Gasteiger partial charge in [-0.15, -0.1) is 0 Å². The molecule has 5 nitrogen and oxygen atoms in total. The summed E-state index contributed by atoms with van der Waals surface area (Å²) in [6.45, 7) is 5.74. The molecule has 0 fully saturated rings. The second kappa shape index (κ2) is 9.25. The molecule has 23 heavy (non-hydrogen) atoms. The summed E-state index contributed by atoms with van der Waals surface area (Å²) in [5.41, 5.74) is 0.812. The van der Waals surface area contributed by atoms with Crippen LogP contribution >= 0.6 is 0 Å². The zero-order chi connectivity index (χ0) is 17.2. The molecular weight excluding hydrogens is 294 g/mol. The Kier molecular flexibility index (Phi) is 7.33. The summed E-state index contributed by atoms with van der Waals surface area (Å²) in [6, 6.07) is 12.9. The summed E-state index contributed by atoms with van der Waals surface area (Å²) in [4.78, 5) is 16.1. The molecule has 0 aromatic heterocycles. The van der Waals surface area contributed by atoms with Gasteiger partial charge in [0.1, 0.15) is 17.1 Å². The predicted molar refractivity (Wildman–Crippen MR) is 90.6 cm³/mol. The first kappa shape index (κ1) is 18.2. The van der Waals surface area contributed by atoms with Crippen molar-refractivity contribution >= 4 is 17.6 Å². The Bertz CT molecular complexity index is 663. The van der Waals surface area contributed by atoms with Crippen molar-refractivity contribution in [2.75, 3.05) is 7.11 Å². The first-order valence-corrected chi connectivity index (χ1v) is 7.29. The number of ether oxygens (including phenoxy) is 2. The zero-order valence-electron chi connectivity index (χ0n) is 13.7. The largest absolute Gasteiger partial charge is 0.507 e. The van der Waals surface area contributed by atoms with Gasteiger partial charge in [0.15, 0.2) is 5.90 Å². The second-order valence-corrected chi connectivity index (χ2v) is 4.24. The Hall–Kier alpha value is -2.82. The molecule has 0 atom stereocenters. The Labute approximate surface area is 136 Å². The molecule has 0 spiro atoms. The maximum Gasteiger partial charge on any atom is 0.347 e. The average molecular weight is 315 g/mol. The SMILES string of the molecule is CC.COC(C)=Nc1ccc(OC(=O)c2ccccc2O)cc1. The van der Waals surface area contributed by atoms with E-state index in [9.17, 15) is 9.90 Å². The molecule has 2 aromatic rings. The van der Waals surface area contributed by atoms with Crippen molar-refractivity contribution in [2.24, 2.45) is 4.99 Å². The van der Waals surface area contributed by atoms with E-state index in [1.54, 1.807) is 50.4 Å². The highest BCUT2D eigenvalue weighted by Crippen LogP contribution is 2.22. The van der Waals surface area contributed by atoms with Crippen LogP contribution in [0.4, 0.5) is 5.69 Å². The fraction of sp³-hybridized carbons (Fsp3) is 0.222. The third-order valence-electron chi connectivity index (χ3n) is 2.75. The lowest BCUT2D eigenvalue weighted by molar-refractivity contribution is 0.0731. The minimum Gasteiger partial charge on any atom is -0.507 e. The van der Waals surface area contributed by atoms with E-state index in [0.29, 0.717) is 17.3 Å². The van der Waals surface area contributed by atoms with Crippen LogP contribution in [-0.4, -0.2) is 24.1 Å². The van der Waals surface area contributed by atoms with Gasteiger partial charge >= 0.3 is 5.97 Å². The number of para-hydroxylation sites is 1. The van der Waals surface area contributed by atoms with Gasteiger partial charge in [0.25, 0.3) is 0 Å². The molecule has 0 radical (unpaired) electrons. The quantitative estimate of drug-likeness (QED) is 0.396. The van der Waals surface area contributed by atoms with Crippen molar-refractivity contribution in [1.29, 1.82) is 0 Å². The highest BCUT2D eigenvalue weighted by Gasteiger charge is 2.12. The van der Waals surface area contributed by atoms with Gasteiger partial charge in [-0.2, -0.15) is 0 Å². The van der Waals surface area contributed by atoms with E-state index in [-0.39, 0.29) is 11.3 Å². The number of carbonyl (C=O) groups excluding carboxylic acids is 1. The molecule has 0 aliphatic rings. The zero-order valence-corrected chi connectivity index (χ0v) is 13.7. The summed E-state index contributed by atoms with van der Waals surface area (Å²) in [5, 5.41) is 9.60. The molecule has 0 aliphatic carbocycles. The topological polar surface area (TPSA) is 68.1 Å². The number of benzene rings is 2. The molecule has 0 saturated carbocycles. The van der Waals surface area contributed by atoms with Crippen LogP contribution in [0.25, 0.3) is 0 Å². The van der Waals surface area contributed by atoms with Crippen LogP contribution in [0.15, 0.2) is 53.5 Å². The molecule has 2 aromatic carbocycles. The highest BCUT2D eigenvalue weighted by atomic mass is 16.5. The summed E-state index contributed by atoms with van der Waals surface area (Å²) in [5.74, 6) is 0.183. The number of hydrogen-bond acceptors (Lipinski definition) is 5. The van der Waals surface area contributed by atoms with E-state index < -0.39 is 5.97 Å². The standard InChI is InChI=1S/C16H15NO4.C2H6/c1-11(20-2)17-12-7-9-13(10-8-12)21-16(19)14-5-3-4-6-15(14)18;1-2/h3-10,18H,1-2H3;1-2H3. The molecule has 0 heterocycles. The highest BCUT2D eigenvalue weighted by molar-refractivity contribution is 5.93. The minimum atomic E-state index is -0.613. The molecule has 122 valence electrons. The van der Waals surface area contributed by atoms with Gasteiger partial charge in [-0.25, -0.2) is 9.79 Å². The van der Waals surface area contributed by atoms with E-state index >= 15 is 0 Å². The van der Waals surface area contributed by atoms with Crippen LogP contribution in [0.2, 0.25) is 0 Å². The minimum absolute atomic E-state index is 0.112. The smallest absolute Gasteiger partial charge is 0.347 e. The number of aromatic hydroxyl groups is 1. The number of carbonyl (C=O) groups is 1. The van der Waals surface area contributed by atoms with Gasteiger partial charge in [0.2, 0.25) is 0 Å². The molecule has 0 amide bonds. The third-order valence-corrected chi connectivity index (χ3v) is 2.75. The lowest BCUT2D eigenvalue weighted by Crippen LogP contribution is -2.08. The van der Waals surface area contributed by atoms with Gasteiger partial charge in [0.05, 0.1) is 12.8 Å². The van der Waals surface area contributed by atoms with Crippen LogP contribution in [0.3, 0.4) is 0 Å². The van der Waals surface area contributed by atoms with E-state index in [1.165, 1.54) is 12.1 Å². The normalized spacial score (nSPS) is 10.3. The Morgan fingerprint density at radius 1 is 1.04 bits per heavy atom. The lowest BCUT2D eigenvalue weighted by atomic mass is 10.2. The van der Waals surface area contributed by atoms with Crippen molar-refractivity contribution in [3.8, 4) is 11.5 Å². The fourth-order valence-electron chi connectivity index (χ4n) is 1.62. The first-order valence-electron chi connectivity index (χ1n) is 7.29. The Morgan fingerprint density at radius 3 is 2.22 bits per heavy atom. The number of hydrogen-bond donors (Lipinski definition) is 1. The van der Waals surface area contributed by atoms with Gasteiger partial charge in [-0.1, -0.05) is 26.0 Å². The molecule has 0 bridgehead atoms. The van der Waals surface area contributed by atoms with E-state index in [2.05, 4.69) is 4.99 Å². The number of phenols is 1. The summed E-state index contributed by atoms with van der Waals surface area (Å²) in [6.07, 6.45) is 0. The maximum atomic E-state index is 11.9. The number of methoxy groups -OCH3 is 1. The van der Waals surface area contributed by atoms with Crippen LogP contribution in [0.1, 0.15) is 31.1 Å². The van der Waals surface area contributed by atoms with Crippen molar-refractivity contribution in [3.63, 3.8) is 0 Å². The third kappa shape index (κ3) is 5.47. The van der Waals surface area contributed by atoms with Crippen molar-refractivity contribution < 1.29 is 19.4 Å². The molecular formula is C18H21NO4. The van der Waals surface area contributed by atoms with E-state index in [1.807, 2.05) is 13.8 Å². The summed E-state index contributed by atoms with van der Waals surface area (Å²) < 4.78 is 10.1. The number of nitrogens with zero attached hydrogens (tertiary/aromatic N) is 1. The average Bonchev–Trinajstić information content (AvgIpc) is 2.58. The van der Waals surface area contributed by atoms with Gasteiger partial charge < -0.3 is 14.6 Å². The van der Waals surface area contributed by atoms with Gasteiger partial charge in [0, 0.05) is 6.92 Å². The second-order valence-electron chi connectivity index (χ2n) is 4.24. The van der Waals surface area contributed by atoms with Gasteiger partial charge in [-0.05, 0) is 36.4 Å². The number of phenolic OH excluding ortho intramolecular Hbond substituents is 1. The van der Waals surface area contributed by atoms with Crippen molar-refractivity contribution in [2.45, 2.75) is 20.8 Å². The molecule has 1 N–H and O–H groups in total. The number of esters is 1. The van der Waals surface area contributed by atoms with Gasteiger partial charge in [-0.3, -0.25) is 0 Å². The molecule has 2 rings (SSSR count). The Morgan fingerprint density at radius 2 is 1.65 bits per heavy atom. The first-order chi connectivity index (χ1) is 11.1. The van der Waals surface area contributed by atoms with Crippen LogP contribution in [-0.2, 0) is 4.74 Å². The van der Waals surface area contributed by atoms with Crippen LogP contribution < -0.4 is 4.74 Å². The summed E-state index contributed by atoms with van der Waals surface area (Å²) >= 11 is 0. The molecule has 0 saturated heterocycles. The monoisotopic (exact) mass is 315 g/mol. The van der Waals surface area contributed by atoms with Crippen LogP contribution in [0, 0.1) is 0 Å². The number of rotatable bonds is 3. The lowest BCUT2D eigenvalue weighted by Gasteiger charge is -2.06. The summed E-state index contributed by atoms with van der Waals surface area (Å²) in [7, 11) is 1.54. The molecule has 5 heteroatoms. The van der Waals surface area contributed by atoms with Crippen molar-refractivity contribution in [3.05, 3.63) is 54.1 Å². The Balaban J connectivity index is 0.00000127. The van der Waals surface area contributed by atoms with E-state index in [0.717, 1.165) is 0 Å². The molecule has 0 aliphatic heterocycles. The predicted octanol–water partition coefficient (Wildman–Crippen LogP) is 4.33. The van der Waals surface area contributed by atoms with Crippen LogP contribution in [0.5, 0.6) is 11.5 Å². The molecule has 0 unspecified atom stereocenters.